The summed E-state index contributed by atoms with van der Waals surface area (Å²) in [4.78, 5) is 21.8. The first-order chi connectivity index (χ1) is 10.3. The lowest BCUT2D eigenvalue weighted by Crippen LogP contribution is -2.35. The Morgan fingerprint density at radius 2 is 2.24 bits per heavy atom. The maximum Gasteiger partial charge on any atom is 0.257 e. The van der Waals surface area contributed by atoms with Crippen LogP contribution >= 0.6 is 0 Å². The van der Waals surface area contributed by atoms with Crippen LogP contribution < -0.4 is 0 Å². The van der Waals surface area contributed by atoms with Gasteiger partial charge in [-0.05, 0) is 24.8 Å². The maximum atomic E-state index is 12.6. The molecule has 5 heteroatoms. The number of aromatic nitrogens is 2. The van der Waals surface area contributed by atoms with E-state index in [-0.39, 0.29) is 5.91 Å². The minimum atomic E-state index is 0.0192. The number of carbonyl (C=O) groups is 1. The van der Waals surface area contributed by atoms with Crippen LogP contribution in [0.1, 0.15) is 48.3 Å². The Balaban J connectivity index is 1.71. The predicted molar refractivity (Wildman–Crippen MR) is 78.6 cm³/mol. The molecule has 0 radical (unpaired) electrons. The molecule has 0 unspecified atom stereocenters. The highest BCUT2D eigenvalue weighted by atomic mass is 16.3. The van der Waals surface area contributed by atoms with Gasteiger partial charge in [0, 0.05) is 18.9 Å². The molecule has 0 aromatic carbocycles. The number of furan rings is 1. The summed E-state index contributed by atoms with van der Waals surface area (Å²) in [5, 5.41) is 0. The number of hydrogen-bond donors (Lipinski definition) is 1. The van der Waals surface area contributed by atoms with Crippen LogP contribution in [0.5, 0.6) is 0 Å². The van der Waals surface area contributed by atoms with Crippen molar-refractivity contribution in [1.29, 1.82) is 0 Å². The Morgan fingerprint density at radius 3 is 2.90 bits per heavy atom. The SMILES string of the molecule is O=C(c1ccoc1)N(Cc1ncc[nH]1)CC1CCCCC1. The van der Waals surface area contributed by atoms with Gasteiger partial charge in [0.05, 0.1) is 18.4 Å². The number of nitrogens with zero attached hydrogens (tertiary/aromatic N) is 2. The third kappa shape index (κ3) is 3.54. The number of amides is 1. The van der Waals surface area contributed by atoms with Gasteiger partial charge < -0.3 is 14.3 Å². The summed E-state index contributed by atoms with van der Waals surface area (Å²) in [6, 6.07) is 1.72. The fourth-order valence-electron chi connectivity index (χ4n) is 3.03. The Hall–Kier alpha value is -2.04. The van der Waals surface area contributed by atoms with E-state index >= 15 is 0 Å². The van der Waals surface area contributed by atoms with Gasteiger partial charge in [-0.15, -0.1) is 0 Å². The van der Waals surface area contributed by atoms with Gasteiger partial charge in [-0.25, -0.2) is 4.98 Å². The van der Waals surface area contributed by atoms with Crippen molar-refractivity contribution < 1.29 is 9.21 Å². The lowest BCUT2D eigenvalue weighted by molar-refractivity contribution is 0.0693. The van der Waals surface area contributed by atoms with Crippen molar-refractivity contribution in [3.63, 3.8) is 0 Å². The molecule has 112 valence electrons. The van der Waals surface area contributed by atoms with Crippen LogP contribution in [0.4, 0.5) is 0 Å². The molecule has 3 rings (SSSR count). The smallest absolute Gasteiger partial charge is 0.257 e. The molecule has 1 N–H and O–H groups in total. The Morgan fingerprint density at radius 1 is 1.38 bits per heavy atom. The van der Waals surface area contributed by atoms with Gasteiger partial charge in [0.2, 0.25) is 0 Å². The Bertz CT molecular complexity index is 542. The summed E-state index contributed by atoms with van der Waals surface area (Å²) >= 11 is 0. The third-order valence-corrected chi connectivity index (χ3v) is 4.15. The minimum absolute atomic E-state index is 0.0192. The normalized spacial score (nSPS) is 16.0. The summed E-state index contributed by atoms with van der Waals surface area (Å²) in [7, 11) is 0. The van der Waals surface area contributed by atoms with Crippen LogP contribution in [0.2, 0.25) is 0 Å². The second kappa shape index (κ2) is 6.61. The van der Waals surface area contributed by atoms with E-state index in [4.69, 9.17) is 4.42 Å². The van der Waals surface area contributed by atoms with E-state index in [0.717, 1.165) is 12.4 Å². The fraction of sp³-hybridized carbons (Fsp3) is 0.500. The molecule has 1 saturated carbocycles. The van der Waals surface area contributed by atoms with Crippen molar-refractivity contribution in [3.8, 4) is 0 Å². The average molecular weight is 287 g/mol. The van der Waals surface area contributed by atoms with Crippen LogP contribution in [0, 0.1) is 5.92 Å². The number of aromatic amines is 1. The van der Waals surface area contributed by atoms with E-state index in [0.29, 0.717) is 18.0 Å². The summed E-state index contributed by atoms with van der Waals surface area (Å²) in [6.07, 6.45) is 12.9. The number of hydrogen-bond acceptors (Lipinski definition) is 3. The minimum Gasteiger partial charge on any atom is -0.472 e. The quantitative estimate of drug-likeness (QED) is 0.918. The molecule has 2 heterocycles. The molecule has 0 aliphatic heterocycles. The Kier molecular flexibility index (Phi) is 4.38. The van der Waals surface area contributed by atoms with E-state index in [1.54, 1.807) is 24.7 Å². The fourth-order valence-corrected chi connectivity index (χ4v) is 3.03. The molecule has 1 fully saturated rings. The van der Waals surface area contributed by atoms with Crippen LogP contribution in [0.25, 0.3) is 0 Å². The number of nitrogens with one attached hydrogen (secondary N) is 1. The van der Waals surface area contributed by atoms with E-state index in [9.17, 15) is 4.79 Å². The van der Waals surface area contributed by atoms with Gasteiger partial charge in [0.25, 0.3) is 5.91 Å². The van der Waals surface area contributed by atoms with Gasteiger partial charge in [-0.3, -0.25) is 4.79 Å². The summed E-state index contributed by atoms with van der Waals surface area (Å²) in [5.74, 6) is 1.44. The largest absolute Gasteiger partial charge is 0.472 e. The van der Waals surface area contributed by atoms with Crippen molar-refractivity contribution in [2.45, 2.75) is 38.6 Å². The monoisotopic (exact) mass is 287 g/mol. The maximum absolute atomic E-state index is 12.6. The van der Waals surface area contributed by atoms with Gasteiger partial charge in [0.15, 0.2) is 0 Å². The van der Waals surface area contributed by atoms with Crippen molar-refractivity contribution in [3.05, 3.63) is 42.4 Å². The van der Waals surface area contributed by atoms with Crippen molar-refractivity contribution in [2.75, 3.05) is 6.54 Å². The zero-order valence-corrected chi connectivity index (χ0v) is 12.1. The van der Waals surface area contributed by atoms with Gasteiger partial charge >= 0.3 is 0 Å². The molecule has 1 amide bonds. The third-order valence-electron chi connectivity index (χ3n) is 4.15. The second-order valence-electron chi connectivity index (χ2n) is 5.74. The molecule has 0 saturated heterocycles. The highest BCUT2D eigenvalue weighted by molar-refractivity contribution is 5.93. The zero-order chi connectivity index (χ0) is 14.5. The lowest BCUT2D eigenvalue weighted by atomic mass is 9.89. The first-order valence-electron chi connectivity index (χ1n) is 7.62. The average Bonchev–Trinajstić information content (AvgIpc) is 3.20. The molecule has 1 aliphatic carbocycles. The molecular weight excluding hydrogens is 266 g/mol. The van der Waals surface area contributed by atoms with Gasteiger partial charge in [-0.2, -0.15) is 0 Å². The highest BCUT2D eigenvalue weighted by Gasteiger charge is 2.23. The van der Waals surface area contributed by atoms with Gasteiger partial charge in [0.1, 0.15) is 12.1 Å². The van der Waals surface area contributed by atoms with Crippen LogP contribution in [0.15, 0.2) is 35.4 Å². The van der Waals surface area contributed by atoms with Crippen molar-refractivity contribution >= 4 is 5.91 Å². The number of carbonyl (C=O) groups excluding carboxylic acids is 1. The van der Waals surface area contributed by atoms with Crippen LogP contribution in [0.3, 0.4) is 0 Å². The summed E-state index contributed by atoms with van der Waals surface area (Å²) in [6.45, 7) is 1.32. The van der Waals surface area contributed by atoms with Crippen LogP contribution in [-0.2, 0) is 6.54 Å². The van der Waals surface area contributed by atoms with Crippen molar-refractivity contribution in [2.24, 2.45) is 5.92 Å². The molecule has 0 spiro atoms. The molecule has 5 nitrogen and oxygen atoms in total. The first-order valence-corrected chi connectivity index (χ1v) is 7.62. The zero-order valence-electron chi connectivity index (χ0n) is 12.1. The predicted octanol–water partition coefficient (Wildman–Crippen LogP) is 3.23. The van der Waals surface area contributed by atoms with E-state index in [2.05, 4.69) is 9.97 Å². The molecule has 21 heavy (non-hydrogen) atoms. The standard InChI is InChI=1S/C16H21N3O2/c20-16(14-6-9-21-12-14)19(11-15-17-7-8-18-15)10-13-4-2-1-3-5-13/h6-9,12-13H,1-5,10-11H2,(H,17,18). The first kappa shape index (κ1) is 13.9. The number of imidazole rings is 1. The van der Waals surface area contributed by atoms with E-state index < -0.39 is 0 Å². The van der Waals surface area contributed by atoms with E-state index in [1.807, 2.05) is 4.90 Å². The number of rotatable bonds is 5. The topological polar surface area (TPSA) is 62.1 Å². The second-order valence-corrected chi connectivity index (χ2v) is 5.74. The Labute approximate surface area is 124 Å². The molecular formula is C16H21N3O2. The van der Waals surface area contributed by atoms with Crippen molar-refractivity contribution in [1.82, 2.24) is 14.9 Å². The van der Waals surface area contributed by atoms with Gasteiger partial charge in [-0.1, -0.05) is 19.3 Å². The summed E-state index contributed by atoms with van der Waals surface area (Å²) < 4.78 is 5.04. The van der Waals surface area contributed by atoms with Crippen LogP contribution in [-0.4, -0.2) is 27.3 Å². The molecule has 2 aromatic rings. The highest BCUT2D eigenvalue weighted by Crippen LogP contribution is 2.25. The number of H-pyrrole nitrogens is 1. The molecule has 1 aliphatic rings. The molecule has 0 bridgehead atoms. The molecule has 2 aromatic heterocycles. The molecule has 0 atom stereocenters. The van der Waals surface area contributed by atoms with E-state index in [1.165, 1.54) is 38.4 Å². The lowest BCUT2D eigenvalue weighted by Gasteiger charge is -2.29. The summed E-state index contributed by atoms with van der Waals surface area (Å²) in [5.41, 5.74) is 0.609.